The van der Waals surface area contributed by atoms with Crippen LogP contribution in [0.4, 0.5) is 0 Å². The van der Waals surface area contributed by atoms with Crippen molar-refractivity contribution in [3.05, 3.63) is 29.8 Å². The number of nitrogens with zero attached hydrogens (tertiary/aromatic N) is 1. The van der Waals surface area contributed by atoms with Crippen molar-refractivity contribution in [2.24, 2.45) is 0 Å². The van der Waals surface area contributed by atoms with Crippen LogP contribution in [-0.4, -0.2) is 29.0 Å². The maximum Gasteiger partial charge on any atom is 0.326 e. The van der Waals surface area contributed by atoms with Gasteiger partial charge in [0.1, 0.15) is 11.8 Å². The molecule has 1 aromatic rings. The maximum absolute atomic E-state index is 12.0. The number of aliphatic carboxylic acids is 1. The van der Waals surface area contributed by atoms with Crippen molar-refractivity contribution in [2.75, 3.05) is 0 Å². The zero-order valence-electron chi connectivity index (χ0n) is 12.0. The Morgan fingerprint density at radius 1 is 1.32 bits per heavy atom. The van der Waals surface area contributed by atoms with Gasteiger partial charge in [0.05, 0.1) is 6.07 Å². The van der Waals surface area contributed by atoms with Gasteiger partial charge in [-0.05, 0) is 37.1 Å². The van der Waals surface area contributed by atoms with E-state index in [2.05, 4.69) is 5.32 Å². The van der Waals surface area contributed by atoms with Gasteiger partial charge in [-0.2, -0.15) is 5.26 Å². The van der Waals surface area contributed by atoms with E-state index < -0.39 is 23.9 Å². The third kappa shape index (κ3) is 5.63. The minimum Gasteiger partial charge on any atom is -0.480 e. The predicted octanol–water partition coefficient (Wildman–Crippen LogP) is 1.49. The second-order valence-electron chi connectivity index (χ2n) is 4.53. The second-order valence-corrected chi connectivity index (χ2v) is 4.53. The van der Waals surface area contributed by atoms with E-state index in [0.29, 0.717) is 12.2 Å². The maximum atomic E-state index is 12.0. The molecule has 1 amide bonds. The topological polar surface area (TPSA) is 116 Å². The number of carbonyl (C=O) groups is 3. The fourth-order valence-corrected chi connectivity index (χ4v) is 1.72. The van der Waals surface area contributed by atoms with E-state index in [9.17, 15) is 14.4 Å². The molecule has 0 saturated carbocycles. The van der Waals surface area contributed by atoms with Crippen molar-refractivity contribution in [2.45, 2.75) is 32.2 Å². The van der Waals surface area contributed by atoms with Gasteiger partial charge in [-0.1, -0.05) is 0 Å². The Hall–Kier alpha value is -2.88. The molecule has 7 heteroatoms. The van der Waals surface area contributed by atoms with E-state index in [4.69, 9.17) is 15.1 Å². The highest BCUT2D eigenvalue weighted by Gasteiger charge is 2.20. The summed E-state index contributed by atoms with van der Waals surface area (Å²) in [5.74, 6) is -1.87. The molecule has 2 N–H and O–H groups in total. The largest absolute Gasteiger partial charge is 0.480 e. The standard InChI is InChI=1S/C15H16N2O5/c1-10(18)22-12-7-5-11(6-8-12)14(19)17-13(15(20)21)4-2-3-9-16/h5-8,13H,2-4H2,1H3,(H,17,19)(H,20,21)/t13-/m0/s1. The summed E-state index contributed by atoms with van der Waals surface area (Å²) < 4.78 is 4.84. The van der Waals surface area contributed by atoms with E-state index in [1.807, 2.05) is 6.07 Å². The number of unbranched alkanes of at least 4 members (excludes halogenated alkanes) is 1. The molecule has 1 rings (SSSR count). The number of benzene rings is 1. The normalized spacial score (nSPS) is 11.1. The molecule has 7 nitrogen and oxygen atoms in total. The Kier molecular flexibility index (Phi) is 6.57. The van der Waals surface area contributed by atoms with Gasteiger partial charge >= 0.3 is 11.9 Å². The second kappa shape index (κ2) is 8.42. The highest BCUT2D eigenvalue weighted by Crippen LogP contribution is 2.13. The molecular weight excluding hydrogens is 288 g/mol. The van der Waals surface area contributed by atoms with Gasteiger partial charge in [-0.25, -0.2) is 4.79 Å². The number of carboxylic acids is 1. The van der Waals surface area contributed by atoms with Crippen LogP contribution in [0.5, 0.6) is 5.75 Å². The highest BCUT2D eigenvalue weighted by molar-refractivity contribution is 5.96. The molecule has 0 saturated heterocycles. The zero-order chi connectivity index (χ0) is 16.5. The smallest absolute Gasteiger partial charge is 0.326 e. The van der Waals surface area contributed by atoms with Gasteiger partial charge < -0.3 is 15.2 Å². The molecule has 116 valence electrons. The lowest BCUT2D eigenvalue weighted by atomic mass is 10.1. The Morgan fingerprint density at radius 3 is 2.45 bits per heavy atom. The minimum atomic E-state index is -1.15. The molecule has 0 fully saturated rings. The molecule has 0 heterocycles. The molecular formula is C15H16N2O5. The molecule has 0 aromatic heterocycles. The van der Waals surface area contributed by atoms with E-state index in [0.717, 1.165) is 0 Å². The van der Waals surface area contributed by atoms with E-state index >= 15 is 0 Å². The van der Waals surface area contributed by atoms with Crippen LogP contribution >= 0.6 is 0 Å². The summed E-state index contributed by atoms with van der Waals surface area (Å²) in [6.07, 6.45) is 0.802. The quantitative estimate of drug-likeness (QED) is 0.448. The molecule has 0 unspecified atom stereocenters. The van der Waals surface area contributed by atoms with Crippen molar-refractivity contribution >= 4 is 17.8 Å². The molecule has 0 bridgehead atoms. The van der Waals surface area contributed by atoms with Crippen molar-refractivity contribution in [3.8, 4) is 11.8 Å². The number of ether oxygens (including phenoxy) is 1. The molecule has 0 spiro atoms. The van der Waals surface area contributed by atoms with E-state index in [-0.39, 0.29) is 18.4 Å². The Balaban J connectivity index is 2.67. The molecule has 0 aliphatic carbocycles. The first-order chi connectivity index (χ1) is 10.4. The van der Waals surface area contributed by atoms with E-state index in [1.54, 1.807) is 0 Å². The van der Waals surface area contributed by atoms with Gasteiger partial charge in [0.25, 0.3) is 5.91 Å². The van der Waals surface area contributed by atoms with Crippen molar-refractivity contribution < 1.29 is 24.2 Å². The fourth-order valence-electron chi connectivity index (χ4n) is 1.72. The number of hydrogen-bond donors (Lipinski definition) is 2. The Labute approximate surface area is 127 Å². The molecule has 22 heavy (non-hydrogen) atoms. The summed E-state index contributed by atoms with van der Waals surface area (Å²) in [5.41, 5.74) is 0.252. The summed E-state index contributed by atoms with van der Waals surface area (Å²) in [4.78, 5) is 33.8. The van der Waals surface area contributed by atoms with Gasteiger partial charge in [0, 0.05) is 18.9 Å². The number of rotatable bonds is 7. The molecule has 0 aliphatic rings. The number of carbonyl (C=O) groups excluding carboxylic acids is 2. The summed E-state index contributed by atoms with van der Waals surface area (Å²) in [5, 5.41) is 19.9. The van der Waals surface area contributed by atoms with Crippen LogP contribution in [0.15, 0.2) is 24.3 Å². The van der Waals surface area contributed by atoms with Crippen LogP contribution in [0.3, 0.4) is 0 Å². The van der Waals surface area contributed by atoms with Gasteiger partial charge in [0.2, 0.25) is 0 Å². The first kappa shape index (κ1) is 17.2. The fraction of sp³-hybridized carbons (Fsp3) is 0.333. The highest BCUT2D eigenvalue weighted by atomic mass is 16.5. The minimum absolute atomic E-state index is 0.181. The van der Waals surface area contributed by atoms with Gasteiger partial charge in [-0.3, -0.25) is 9.59 Å². The lowest BCUT2D eigenvalue weighted by Gasteiger charge is -2.14. The monoisotopic (exact) mass is 304 g/mol. The number of hydrogen-bond acceptors (Lipinski definition) is 5. The third-order valence-electron chi connectivity index (χ3n) is 2.76. The zero-order valence-corrected chi connectivity index (χ0v) is 12.0. The van der Waals surface area contributed by atoms with Crippen LogP contribution in [0, 0.1) is 11.3 Å². The summed E-state index contributed by atoms with van der Waals surface area (Å²) in [6, 6.07) is 6.63. The molecule has 1 aromatic carbocycles. The lowest BCUT2D eigenvalue weighted by molar-refractivity contribution is -0.139. The number of amides is 1. The van der Waals surface area contributed by atoms with Crippen LogP contribution in [0.2, 0.25) is 0 Å². The van der Waals surface area contributed by atoms with Crippen molar-refractivity contribution in [3.63, 3.8) is 0 Å². The van der Waals surface area contributed by atoms with Crippen LogP contribution in [0.1, 0.15) is 36.5 Å². The Bertz CT molecular complexity index is 589. The number of carboxylic acid groups (broad SMARTS) is 1. The Morgan fingerprint density at radius 2 is 1.95 bits per heavy atom. The molecule has 1 atom stereocenters. The summed E-state index contributed by atoms with van der Waals surface area (Å²) in [6.45, 7) is 1.26. The predicted molar refractivity (Wildman–Crippen MR) is 76.1 cm³/mol. The lowest BCUT2D eigenvalue weighted by Crippen LogP contribution is -2.40. The summed E-state index contributed by atoms with van der Waals surface area (Å²) in [7, 11) is 0. The number of nitrogens with one attached hydrogen (secondary N) is 1. The average molecular weight is 304 g/mol. The summed E-state index contributed by atoms with van der Waals surface area (Å²) >= 11 is 0. The first-order valence-electron chi connectivity index (χ1n) is 6.63. The van der Waals surface area contributed by atoms with Crippen LogP contribution < -0.4 is 10.1 Å². The molecule has 0 aliphatic heterocycles. The van der Waals surface area contributed by atoms with Gasteiger partial charge in [-0.15, -0.1) is 0 Å². The number of esters is 1. The van der Waals surface area contributed by atoms with Gasteiger partial charge in [0.15, 0.2) is 0 Å². The van der Waals surface area contributed by atoms with Crippen molar-refractivity contribution in [1.82, 2.24) is 5.32 Å². The van der Waals surface area contributed by atoms with Crippen LogP contribution in [0.25, 0.3) is 0 Å². The van der Waals surface area contributed by atoms with Crippen LogP contribution in [-0.2, 0) is 9.59 Å². The third-order valence-corrected chi connectivity index (χ3v) is 2.76. The van der Waals surface area contributed by atoms with E-state index in [1.165, 1.54) is 31.2 Å². The van der Waals surface area contributed by atoms with Crippen molar-refractivity contribution in [1.29, 1.82) is 5.26 Å². The average Bonchev–Trinajstić information content (AvgIpc) is 2.46. The number of nitriles is 1. The molecule has 0 radical (unpaired) electrons. The first-order valence-corrected chi connectivity index (χ1v) is 6.63. The SMILES string of the molecule is CC(=O)Oc1ccc(C(=O)N[C@@H](CCCC#N)C(=O)O)cc1.